The monoisotopic (exact) mass is 536 g/mol. The van der Waals surface area contributed by atoms with E-state index in [0.29, 0.717) is 5.56 Å². The topological polar surface area (TPSA) is 278 Å². The Hall–Kier alpha value is -4.40. The SMILES string of the molecule is CC(N)C(=O)NC(Cc1ccc(O)cc1)C(=O)NC(CCC(N)=O)C(=O)NC(CCCN=C(N)N)C(=O)O. The molecule has 1 aromatic rings. The van der Waals surface area contributed by atoms with E-state index in [-0.39, 0.29) is 50.4 Å². The Morgan fingerprint density at radius 2 is 1.42 bits per heavy atom. The Bertz CT molecular complexity index is 1010. The zero-order valence-electron chi connectivity index (χ0n) is 21.1. The number of carboxylic acids is 1. The number of carbonyl (C=O) groups is 5. The van der Waals surface area contributed by atoms with Gasteiger partial charge in [0.05, 0.1) is 6.04 Å². The molecule has 0 aromatic heterocycles. The van der Waals surface area contributed by atoms with Crippen LogP contribution in [0.3, 0.4) is 0 Å². The fourth-order valence-electron chi connectivity index (χ4n) is 3.24. The average molecular weight is 537 g/mol. The maximum absolute atomic E-state index is 13.2. The standard InChI is InChI=1S/C23H36N8O7/c1-12(24)19(34)31-17(11-13-4-6-14(32)7-5-13)21(36)29-15(8-9-18(25)33)20(35)30-16(22(37)38)3-2-10-28-23(26)27/h4-7,12,15-17,32H,2-3,8-11,24H2,1H3,(H2,25,33)(H,29,36)(H,30,35)(H,31,34)(H,37,38)(H4,26,27,28). The minimum atomic E-state index is -1.34. The quantitative estimate of drug-likeness (QED) is 0.0591. The van der Waals surface area contributed by atoms with E-state index in [1.54, 1.807) is 12.1 Å². The number of aliphatic imine (C=N–C) groups is 1. The lowest BCUT2D eigenvalue weighted by molar-refractivity contribution is -0.142. The van der Waals surface area contributed by atoms with Crippen molar-refractivity contribution < 1.29 is 34.2 Å². The van der Waals surface area contributed by atoms with Gasteiger partial charge in [0, 0.05) is 19.4 Å². The van der Waals surface area contributed by atoms with Crippen molar-refractivity contribution in [2.45, 2.75) is 63.2 Å². The van der Waals surface area contributed by atoms with E-state index in [1.165, 1.54) is 19.1 Å². The summed E-state index contributed by atoms with van der Waals surface area (Å²) >= 11 is 0. The number of aliphatic carboxylic acids is 1. The van der Waals surface area contributed by atoms with Gasteiger partial charge < -0.3 is 49.1 Å². The molecule has 0 aliphatic carbocycles. The van der Waals surface area contributed by atoms with E-state index in [4.69, 9.17) is 22.9 Å². The van der Waals surface area contributed by atoms with Gasteiger partial charge in [-0.3, -0.25) is 24.2 Å². The molecule has 13 N–H and O–H groups in total. The van der Waals surface area contributed by atoms with Crippen molar-refractivity contribution in [3.63, 3.8) is 0 Å². The molecule has 4 unspecified atom stereocenters. The third-order valence-corrected chi connectivity index (χ3v) is 5.29. The van der Waals surface area contributed by atoms with Crippen LogP contribution in [-0.2, 0) is 30.4 Å². The van der Waals surface area contributed by atoms with Gasteiger partial charge in [-0.2, -0.15) is 0 Å². The van der Waals surface area contributed by atoms with Crippen LogP contribution < -0.4 is 38.9 Å². The van der Waals surface area contributed by atoms with Gasteiger partial charge in [0.1, 0.15) is 23.9 Å². The molecule has 38 heavy (non-hydrogen) atoms. The van der Waals surface area contributed by atoms with Crippen LogP contribution in [0.15, 0.2) is 29.3 Å². The fourth-order valence-corrected chi connectivity index (χ4v) is 3.24. The number of benzene rings is 1. The Morgan fingerprint density at radius 3 is 1.95 bits per heavy atom. The van der Waals surface area contributed by atoms with Gasteiger partial charge in [-0.1, -0.05) is 12.1 Å². The number of nitrogens with two attached hydrogens (primary N) is 4. The highest BCUT2D eigenvalue weighted by Gasteiger charge is 2.30. The third-order valence-electron chi connectivity index (χ3n) is 5.29. The molecule has 0 aliphatic rings. The number of aromatic hydroxyl groups is 1. The molecule has 15 nitrogen and oxygen atoms in total. The Labute approximate surface area is 219 Å². The predicted octanol–water partition coefficient (Wildman–Crippen LogP) is -2.86. The summed E-state index contributed by atoms with van der Waals surface area (Å²) < 4.78 is 0. The van der Waals surface area contributed by atoms with Crippen molar-refractivity contribution in [2.24, 2.45) is 27.9 Å². The number of carbonyl (C=O) groups excluding carboxylic acids is 4. The minimum Gasteiger partial charge on any atom is -0.508 e. The number of phenols is 1. The number of hydrogen-bond donors (Lipinski definition) is 9. The second-order valence-electron chi connectivity index (χ2n) is 8.63. The normalized spacial score (nSPS) is 13.7. The number of nitrogens with one attached hydrogen (secondary N) is 3. The summed E-state index contributed by atoms with van der Waals surface area (Å²) in [4.78, 5) is 65.1. The Balaban J connectivity index is 3.06. The summed E-state index contributed by atoms with van der Waals surface area (Å²) in [6, 6.07) is 1.11. The van der Waals surface area contributed by atoms with Gasteiger partial charge in [0.2, 0.25) is 23.6 Å². The van der Waals surface area contributed by atoms with Crippen molar-refractivity contribution in [2.75, 3.05) is 6.54 Å². The molecule has 0 heterocycles. The number of guanidine groups is 1. The number of amides is 4. The molecule has 0 spiro atoms. The van der Waals surface area contributed by atoms with Crippen LogP contribution >= 0.6 is 0 Å². The molecular formula is C23H36N8O7. The number of phenolic OH excluding ortho intramolecular Hbond substituents is 1. The molecule has 4 atom stereocenters. The minimum absolute atomic E-state index is 0.00355. The Morgan fingerprint density at radius 1 is 0.868 bits per heavy atom. The van der Waals surface area contributed by atoms with Gasteiger partial charge >= 0.3 is 5.97 Å². The molecule has 4 amide bonds. The molecule has 0 saturated carbocycles. The van der Waals surface area contributed by atoms with Crippen molar-refractivity contribution in [3.05, 3.63) is 29.8 Å². The second kappa shape index (κ2) is 15.7. The van der Waals surface area contributed by atoms with Crippen molar-refractivity contribution >= 4 is 35.6 Å². The summed E-state index contributed by atoms with van der Waals surface area (Å²) in [5.74, 6) is -4.50. The molecule has 210 valence electrons. The maximum Gasteiger partial charge on any atom is 0.326 e. The van der Waals surface area contributed by atoms with Crippen LogP contribution in [0.2, 0.25) is 0 Å². The van der Waals surface area contributed by atoms with Gasteiger partial charge in [0.25, 0.3) is 0 Å². The van der Waals surface area contributed by atoms with Crippen LogP contribution in [0, 0.1) is 0 Å². The van der Waals surface area contributed by atoms with E-state index in [2.05, 4.69) is 20.9 Å². The van der Waals surface area contributed by atoms with E-state index in [0.717, 1.165) is 0 Å². The summed E-state index contributed by atoms with van der Waals surface area (Å²) in [6.45, 7) is 1.56. The van der Waals surface area contributed by atoms with Crippen LogP contribution in [0.25, 0.3) is 0 Å². The lowest BCUT2D eigenvalue weighted by Crippen LogP contribution is -2.57. The van der Waals surface area contributed by atoms with E-state index in [1.807, 2.05) is 0 Å². The van der Waals surface area contributed by atoms with E-state index < -0.39 is 53.8 Å². The van der Waals surface area contributed by atoms with Gasteiger partial charge in [-0.05, 0) is 43.9 Å². The van der Waals surface area contributed by atoms with Crippen molar-refractivity contribution in [1.82, 2.24) is 16.0 Å². The highest BCUT2D eigenvalue weighted by Crippen LogP contribution is 2.12. The third kappa shape index (κ3) is 12.0. The summed E-state index contributed by atoms with van der Waals surface area (Å²) in [5, 5.41) is 26.3. The van der Waals surface area contributed by atoms with Gasteiger partial charge in [-0.25, -0.2) is 4.79 Å². The molecule has 15 heteroatoms. The van der Waals surface area contributed by atoms with Gasteiger partial charge in [-0.15, -0.1) is 0 Å². The van der Waals surface area contributed by atoms with Crippen LogP contribution in [0.5, 0.6) is 5.75 Å². The second-order valence-corrected chi connectivity index (χ2v) is 8.63. The van der Waals surface area contributed by atoms with Crippen LogP contribution in [0.1, 0.15) is 38.2 Å². The summed E-state index contributed by atoms with van der Waals surface area (Å²) in [7, 11) is 0. The molecule has 0 fully saturated rings. The highest BCUT2D eigenvalue weighted by molar-refractivity contribution is 5.94. The van der Waals surface area contributed by atoms with Crippen LogP contribution in [-0.4, -0.2) is 76.5 Å². The maximum atomic E-state index is 13.2. The number of hydrogen-bond acceptors (Lipinski definition) is 8. The van der Waals surface area contributed by atoms with Gasteiger partial charge in [0.15, 0.2) is 5.96 Å². The molecule has 0 saturated heterocycles. The number of nitrogens with zero attached hydrogens (tertiary/aromatic N) is 1. The van der Waals surface area contributed by atoms with E-state index in [9.17, 15) is 34.2 Å². The molecule has 0 aliphatic heterocycles. The summed E-state index contributed by atoms with van der Waals surface area (Å²) in [5.41, 5.74) is 21.9. The first-order valence-electron chi connectivity index (χ1n) is 11.8. The highest BCUT2D eigenvalue weighted by atomic mass is 16.4. The first kappa shape index (κ1) is 31.6. The van der Waals surface area contributed by atoms with E-state index >= 15 is 0 Å². The fraction of sp³-hybridized carbons (Fsp3) is 0.478. The number of carboxylic acid groups (broad SMARTS) is 1. The smallest absolute Gasteiger partial charge is 0.326 e. The lowest BCUT2D eigenvalue weighted by Gasteiger charge is -2.25. The summed E-state index contributed by atoms with van der Waals surface area (Å²) in [6.07, 6.45) is -0.291. The Kier molecular flexibility index (Phi) is 13.0. The van der Waals surface area contributed by atoms with Crippen LogP contribution in [0.4, 0.5) is 0 Å². The largest absolute Gasteiger partial charge is 0.508 e. The molecule has 0 radical (unpaired) electrons. The zero-order chi connectivity index (χ0) is 28.8. The molecule has 0 bridgehead atoms. The number of primary amides is 1. The first-order chi connectivity index (χ1) is 17.8. The van der Waals surface area contributed by atoms with Crippen molar-refractivity contribution in [1.29, 1.82) is 0 Å². The number of rotatable bonds is 16. The van der Waals surface area contributed by atoms with Crippen molar-refractivity contribution in [3.8, 4) is 5.75 Å². The molecule has 1 aromatic carbocycles. The lowest BCUT2D eigenvalue weighted by atomic mass is 10.0. The predicted molar refractivity (Wildman–Crippen MR) is 137 cm³/mol. The zero-order valence-corrected chi connectivity index (χ0v) is 21.1. The molecule has 1 rings (SSSR count). The molecular weight excluding hydrogens is 500 g/mol. The average Bonchev–Trinajstić information content (AvgIpc) is 2.83. The first-order valence-corrected chi connectivity index (χ1v) is 11.8.